The Bertz CT molecular complexity index is 267. The molecule has 0 aromatic carbocycles. The van der Waals surface area contributed by atoms with Crippen molar-refractivity contribution >= 4 is 12.3 Å². The maximum atomic E-state index is 11.5. The van der Waals surface area contributed by atoms with Gasteiger partial charge in [0.05, 0.1) is 13.1 Å². The minimum atomic E-state index is -0.128. The van der Waals surface area contributed by atoms with E-state index in [4.69, 9.17) is 4.84 Å². The van der Waals surface area contributed by atoms with E-state index in [-0.39, 0.29) is 5.97 Å². The first-order chi connectivity index (χ1) is 9.33. The molecule has 0 unspecified atom stereocenters. The molecule has 0 spiro atoms. The van der Waals surface area contributed by atoms with E-state index in [2.05, 4.69) is 11.9 Å². The Labute approximate surface area is 117 Å². The third-order valence-electron chi connectivity index (χ3n) is 3.36. The normalized spacial score (nSPS) is 14.1. The maximum Gasteiger partial charge on any atom is 0.332 e. The van der Waals surface area contributed by atoms with Crippen molar-refractivity contribution in [1.29, 1.82) is 0 Å². The van der Waals surface area contributed by atoms with Crippen LogP contribution in [0.15, 0.2) is 4.99 Å². The van der Waals surface area contributed by atoms with E-state index in [0.717, 1.165) is 19.4 Å². The highest BCUT2D eigenvalue weighted by molar-refractivity contribution is 5.70. The fourth-order valence-corrected chi connectivity index (χ4v) is 2.19. The van der Waals surface area contributed by atoms with Crippen molar-refractivity contribution in [2.45, 2.75) is 71.1 Å². The number of unbranched alkanes of at least 4 members (excludes halogenated alkanes) is 8. The lowest BCUT2D eigenvalue weighted by Gasteiger charge is -2.12. The zero-order valence-electron chi connectivity index (χ0n) is 12.3. The Balaban J connectivity index is 1.82. The zero-order valence-corrected chi connectivity index (χ0v) is 12.3. The Kier molecular flexibility index (Phi) is 9.11. The van der Waals surface area contributed by atoms with Crippen LogP contribution in [-0.2, 0) is 9.63 Å². The molecule has 110 valence electrons. The van der Waals surface area contributed by atoms with Crippen LogP contribution in [0.1, 0.15) is 71.1 Å². The molecule has 1 aliphatic heterocycles. The van der Waals surface area contributed by atoms with Crippen molar-refractivity contribution in [3.05, 3.63) is 0 Å². The zero-order chi connectivity index (χ0) is 13.8. The molecule has 0 bridgehead atoms. The number of carbonyl (C=O) groups is 1. The van der Waals surface area contributed by atoms with Crippen LogP contribution in [0.5, 0.6) is 0 Å². The second-order valence-corrected chi connectivity index (χ2v) is 5.20. The molecule has 4 heteroatoms. The third kappa shape index (κ3) is 8.62. The largest absolute Gasteiger partial charge is 0.340 e. The summed E-state index contributed by atoms with van der Waals surface area (Å²) in [7, 11) is 0. The molecule has 4 nitrogen and oxygen atoms in total. The van der Waals surface area contributed by atoms with Crippen molar-refractivity contribution in [2.75, 3.05) is 13.1 Å². The summed E-state index contributed by atoms with van der Waals surface area (Å²) in [6, 6.07) is 0. The van der Waals surface area contributed by atoms with E-state index in [9.17, 15) is 4.79 Å². The van der Waals surface area contributed by atoms with Gasteiger partial charge in [0.25, 0.3) is 0 Å². The quantitative estimate of drug-likeness (QED) is 0.536. The lowest BCUT2D eigenvalue weighted by molar-refractivity contribution is -0.170. The van der Waals surface area contributed by atoms with Gasteiger partial charge in [0.15, 0.2) is 0 Å². The molecule has 0 radical (unpaired) electrons. The molecular formula is C15H28N2O2. The highest BCUT2D eigenvalue weighted by Crippen LogP contribution is 2.11. The minimum absolute atomic E-state index is 0.128. The molecule has 1 heterocycles. The van der Waals surface area contributed by atoms with Crippen molar-refractivity contribution < 1.29 is 9.63 Å². The standard InChI is InChI=1S/C15H28N2O2/c1-2-3-4-5-6-7-8-9-10-11-15(18)19-17-13-12-16-14-17/h14H,2-13H2,1H3. The van der Waals surface area contributed by atoms with Gasteiger partial charge in [-0.2, -0.15) is 5.06 Å². The highest BCUT2D eigenvalue weighted by Gasteiger charge is 2.11. The van der Waals surface area contributed by atoms with Crippen LogP contribution in [0, 0.1) is 0 Å². The van der Waals surface area contributed by atoms with E-state index < -0.39 is 0 Å². The number of carbonyl (C=O) groups excluding carboxylic acids is 1. The summed E-state index contributed by atoms with van der Waals surface area (Å²) < 4.78 is 0. The van der Waals surface area contributed by atoms with E-state index in [1.807, 2.05) is 0 Å². The SMILES string of the molecule is CCCCCCCCCCCC(=O)ON1C=NCC1. The Morgan fingerprint density at radius 2 is 1.74 bits per heavy atom. The lowest BCUT2D eigenvalue weighted by Crippen LogP contribution is -2.24. The average Bonchev–Trinajstić information content (AvgIpc) is 2.89. The van der Waals surface area contributed by atoms with Gasteiger partial charge < -0.3 is 4.84 Å². The fraction of sp³-hybridized carbons (Fsp3) is 0.867. The first-order valence-corrected chi connectivity index (χ1v) is 7.80. The predicted octanol–water partition coefficient (Wildman–Crippen LogP) is 3.71. The average molecular weight is 268 g/mol. The molecule has 0 amide bonds. The Morgan fingerprint density at radius 1 is 1.11 bits per heavy atom. The first-order valence-electron chi connectivity index (χ1n) is 7.80. The molecule has 0 aliphatic carbocycles. The van der Waals surface area contributed by atoms with E-state index in [0.29, 0.717) is 13.0 Å². The second kappa shape index (κ2) is 10.8. The summed E-state index contributed by atoms with van der Waals surface area (Å²) in [4.78, 5) is 20.6. The van der Waals surface area contributed by atoms with Gasteiger partial charge in [0.1, 0.15) is 6.34 Å². The van der Waals surface area contributed by atoms with Gasteiger partial charge in [-0.05, 0) is 6.42 Å². The predicted molar refractivity (Wildman–Crippen MR) is 78.0 cm³/mol. The van der Waals surface area contributed by atoms with Crippen molar-refractivity contribution in [2.24, 2.45) is 4.99 Å². The monoisotopic (exact) mass is 268 g/mol. The van der Waals surface area contributed by atoms with Crippen LogP contribution < -0.4 is 0 Å². The summed E-state index contributed by atoms with van der Waals surface area (Å²) in [5, 5.41) is 1.52. The lowest BCUT2D eigenvalue weighted by atomic mass is 10.1. The maximum absolute atomic E-state index is 11.5. The summed E-state index contributed by atoms with van der Waals surface area (Å²) in [5.74, 6) is -0.128. The van der Waals surface area contributed by atoms with Crippen molar-refractivity contribution in [3.8, 4) is 0 Å². The molecule has 0 atom stereocenters. The van der Waals surface area contributed by atoms with Crippen LogP contribution >= 0.6 is 0 Å². The minimum Gasteiger partial charge on any atom is -0.340 e. The molecule has 0 aromatic heterocycles. The molecule has 1 aliphatic rings. The van der Waals surface area contributed by atoms with Crippen molar-refractivity contribution in [1.82, 2.24) is 5.06 Å². The number of aliphatic imine (C=N–C) groups is 1. The van der Waals surface area contributed by atoms with Crippen LogP contribution in [0.3, 0.4) is 0 Å². The Hall–Kier alpha value is -1.06. The number of hydrogen-bond acceptors (Lipinski definition) is 4. The van der Waals surface area contributed by atoms with E-state index in [1.165, 1.54) is 50.0 Å². The molecule has 0 saturated carbocycles. The smallest absolute Gasteiger partial charge is 0.332 e. The van der Waals surface area contributed by atoms with Gasteiger partial charge in [-0.3, -0.25) is 4.99 Å². The topological polar surface area (TPSA) is 41.9 Å². The summed E-state index contributed by atoms with van der Waals surface area (Å²) in [5.41, 5.74) is 0. The van der Waals surface area contributed by atoms with E-state index >= 15 is 0 Å². The van der Waals surface area contributed by atoms with Gasteiger partial charge >= 0.3 is 5.97 Å². The summed E-state index contributed by atoms with van der Waals surface area (Å²) in [6.45, 7) is 3.67. The van der Waals surface area contributed by atoms with Gasteiger partial charge in [0, 0.05) is 6.42 Å². The fourth-order valence-electron chi connectivity index (χ4n) is 2.19. The first kappa shape index (κ1) is 16.0. The van der Waals surface area contributed by atoms with Gasteiger partial charge in [-0.1, -0.05) is 58.3 Å². The number of nitrogens with zero attached hydrogens (tertiary/aromatic N) is 2. The van der Waals surface area contributed by atoms with E-state index in [1.54, 1.807) is 6.34 Å². The van der Waals surface area contributed by atoms with Crippen LogP contribution in [0.25, 0.3) is 0 Å². The van der Waals surface area contributed by atoms with Gasteiger partial charge in [-0.15, -0.1) is 0 Å². The summed E-state index contributed by atoms with van der Waals surface area (Å²) in [6.07, 6.45) is 13.5. The number of hydroxylamine groups is 2. The molecule has 0 saturated heterocycles. The highest BCUT2D eigenvalue weighted by atomic mass is 16.7. The molecule has 0 aromatic rings. The molecular weight excluding hydrogens is 240 g/mol. The van der Waals surface area contributed by atoms with Crippen molar-refractivity contribution in [3.63, 3.8) is 0 Å². The van der Waals surface area contributed by atoms with Crippen LogP contribution in [0.2, 0.25) is 0 Å². The third-order valence-corrected chi connectivity index (χ3v) is 3.36. The molecule has 19 heavy (non-hydrogen) atoms. The van der Waals surface area contributed by atoms with Crippen LogP contribution in [0.4, 0.5) is 0 Å². The summed E-state index contributed by atoms with van der Waals surface area (Å²) >= 11 is 0. The van der Waals surface area contributed by atoms with Crippen LogP contribution in [-0.4, -0.2) is 30.5 Å². The molecule has 0 fully saturated rings. The number of rotatable bonds is 11. The Morgan fingerprint density at radius 3 is 2.32 bits per heavy atom. The second-order valence-electron chi connectivity index (χ2n) is 5.20. The molecule has 0 N–H and O–H groups in total. The molecule has 1 rings (SSSR count). The number of hydrogen-bond donors (Lipinski definition) is 0. The van der Waals surface area contributed by atoms with Gasteiger partial charge in [0.2, 0.25) is 0 Å². The van der Waals surface area contributed by atoms with Gasteiger partial charge in [-0.25, -0.2) is 4.79 Å².